The van der Waals surface area contributed by atoms with E-state index in [-0.39, 0.29) is 19.1 Å². The maximum Gasteiger partial charge on any atom is 0.317 e. The quantitative estimate of drug-likeness (QED) is 0.657. The van der Waals surface area contributed by atoms with Gasteiger partial charge in [0, 0.05) is 13.6 Å². The van der Waals surface area contributed by atoms with E-state index in [2.05, 4.69) is 11.2 Å². The Bertz CT molecular complexity index is 283. The van der Waals surface area contributed by atoms with Gasteiger partial charge in [0.05, 0.1) is 12.5 Å². The van der Waals surface area contributed by atoms with Crippen molar-refractivity contribution in [3.63, 3.8) is 0 Å². The molecule has 0 aromatic rings. The third kappa shape index (κ3) is 5.25. The van der Waals surface area contributed by atoms with Crippen molar-refractivity contribution in [1.29, 1.82) is 0 Å². The van der Waals surface area contributed by atoms with Gasteiger partial charge in [-0.2, -0.15) is 0 Å². The molecule has 0 rings (SSSR count). The number of rotatable bonds is 6. The van der Waals surface area contributed by atoms with E-state index in [0.717, 1.165) is 6.42 Å². The molecule has 0 saturated carbocycles. The maximum absolute atomic E-state index is 11.4. The molecule has 1 unspecified atom stereocenters. The van der Waals surface area contributed by atoms with Crippen LogP contribution in [0.5, 0.6) is 0 Å². The monoisotopic (exact) mass is 226 g/mol. The fourth-order valence-corrected chi connectivity index (χ4v) is 1.22. The van der Waals surface area contributed by atoms with Crippen molar-refractivity contribution in [2.75, 3.05) is 20.1 Å². The molecule has 0 heterocycles. The van der Waals surface area contributed by atoms with Gasteiger partial charge in [0.2, 0.25) is 0 Å². The second-order valence-electron chi connectivity index (χ2n) is 3.57. The lowest BCUT2D eigenvalue weighted by Crippen LogP contribution is -2.41. The molecular formula is C11H18N2O3. The minimum atomic E-state index is -0.887. The molecular weight excluding hydrogens is 208 g/mol. The predicted octanol–water partition coefficient (Wildman–Crippen LogP) is 0.762. The smallest absolute Gasteiger partial charge is 0.317 e. The average Bonchev–Trinajstić information content (AvgIpc) is 2.23. The predicted molar refractivity (Wildman–Crippen MR) is 60.9 cm³/mol. The summed E-state index contributed by atoms with van der Waals surface area (Å²) in [5, 5.41) is 11.4. The van der Waals surface area contributed by atoms with Gasteiger partial charge in [0.15, 0.2) is 0 Å². The zero-order valence-corrected chi connectivity index (χ0v) is 9.69. The van der Waals surface area contributed by atoms with Crippen LogP contribution in [0, 0.1) is 18.3 Å². The summed E-state index contributed by atoms with van der Waals surface area (Å²) in [5.74, 6) is 0.911. The van der Waals surface area contributed by atoms with E-state index in [4.69, 9.17) is 11.5 Å². The molecule has 0 aromatic heterocycles. The average molecular weight is 226 g/mol. The molecule has 0 aliphatic carbocycles. The Morgan fingerprint density at radius 2 is 2.19 bits per heavy atom. The molecule has 16 heavy (non-hydrogen) atoms. The molecule has 0 aliphatic rings. The number of carboxylic acids is 1. The molecule has 0 aromatic carbocycles. The van der Waals surface area contributed by atoms with Crippen LogP contribution in [0.3, 0.4) is 0 Å². The number of aliphatic carboxylic acids is 1. The fourth-order valence-electron chi connectivity index (χ4n) is 1.22. The number of carbonyl (C=O) groups is 2. The molecule has 2 N–H and O–H groups in total. The van der Waals surface area contributed by atoms with Crippen LogP contribution in [0.15, 0.2) is 0 Å². The molecule has 5 nitrogen and oxygen atoms in total. The van der Waals surface area contributed by atoms with Crippen molar-refractivity contribution in [3.8, 4) is 12.3 Å². The maximum atomic E-state index is 11.4. The second kappa shape index (κ2) is 7.57. The number of nitrogens with one attached hydrogen (secondary N) is 1. The number of urea groups is 1. The molecule has 0 fully saturated rings. The highest BCUT2D eigenvalue weighted by Crippen LogP contribution is 2.05. The van der Waals surface area contributed by atoms with Crippen molar-refractivity contribution >= 4 is 12.0 Å². The fraction of sp³-hybridized carbons (Fsp3) is 0.636. The lowest BCUT2D eigenvalue weighted by Gasteiger charge is -2.17. The summed E-state index contributed by atoms with van der Waals surface area (Å²) in [6.45, 7) is 2.25. The van der Waals surface area contributed by atoms with Crippen molar-refractivity contribution in [2.45, 2.75) is 19.8 Å². The van der Waals surface area contributed by atoms with Crippen molar-refractivity contribution in [2.24, 2.45) is 5.92 Å². The van der Waals surface area contributed by atoms with Gasteiger partial charge < -0.3 is 15.3 Å². The first kappa shape index (κ1) is 14.3. The number of carboxylic acid groups (broad SMARTS) is 1. The van der Waals surface area contributed by atoms with E-state index in [9.17, 15) is 9.59 Å². The van der Waals surface area contributed by atoms with Gasteiger partial charge in [-0.15, -0.1) is 6.42 Å². The second-order valence-corrected chi connectivity index (χ2v) is 3.57. The van der Waals surface area contributed by atoms with Crippen molar-refractivity contribution < 1.29 is 14.7 Å². The summed E-state index contributed by atoms with van der Waals surface area (Å²) in [5.41, 5.74) is 0. The minimum Gasteiger partial charge on any atom is -0.481 e. The number of nitrogens with zero attached hydrogens (tertiary/aromatic N) is 1. The third-order valence-electron chi connectivity index (χ3n) is 2.16. The molecule has 1 atom stereocenters. The molecule has 0 bridgehead atoms. The van der Waals surface area contributed by atoms with Gasteiger partial charge >= 0.3 is 12.0 Å². The van der Waals surface area contributed by atoms with Gasteiger partial charge in [-0.05, 0) is 6.42 Å². The highest BCUT2D eigenvalue weighted by molar-refractivity contribution is 5.76. The SMILES string of the molecule is C#CCN(C)C(=O)NCC(CCC)C(=O)O. The van der Waals surface area contributed by atoms with E-state index in [1.165, 1.54) is 4.90 Å². The Kier molecular flexibility index (Phi) is 6.77. The molecule has 0 aliphatic heterocycles. The molecule has 90 valence electrons. The topological polar surface area (TPSA) is 69.6 Å². The number of hydrogen-bond acceptors (Lipinski definition) is 2. The van der Waals surface area contributed by atoms with Gasteiger partial charge in [-0.1, -0.05) is 19.3 Å². The highest BCUT2D eigenvalue weighted by Gasteiger charge is 2.17. The standard InChI is InChI=1S/C11H18N2O3/c1-4-6-9(10(14)15)8-12-11(16)13(3)7-5-2/h2,9H,4,6-8H2,1,3H3,(H,12,16)(H,14,15). The van der Waals surface area contributed by atoms with Crippen LogP contribution in [0.2, 0.25) is 0 Å². The van der Waals surface area contributed by atoms with Crippen LogP contribution in [-0.2, 0) is 4.79 Å². The lowest BCUT2D eigenvalue weighted by molar-refractivity contribution is -0.141. The third-order valence-corrected chi connectivity index (χ3v) is 2.16. The van der Waals surface area contributed by atoms with Gasteiger partial charge in [0.25, 0.3) is 0 Å². The van der Waals surface area contributed by atoms with Gasteiger partial charge in [0.1, 0.15) is 0 Å². The zero-order chi connectivity index (χ0) is 12.6. The summed E-state index contributed by atoms with van der Waals surface area (Å²) >= 11 is 0. The molecule has 5 heteroatoms. The Morgan fingerprint density at radius 3 is 2.62 bits per heavy atom. The summed E-state index contributed by atoms with van der Waals surface area (Å²) < 4.78 is 0. The van der Waals surface area contributed by atoms with Crippen molar-refractivity contribution in [3.05, 3.63) is 0 Å². The van der Waals surface area contributed by atoms with Crippen LogP contribution < -0.4 is 5.32 Å². The molecule has 0 saturated heterocycles. The molecule has 2 amide bonds. The van der Waals surface area contributed by atoms with Gasteiger partial charge in [-0.3, -0.25) is 4.79 Å². The van der Waals surface area contributed by atoms with E-state index < -0.39 is 11.9 Å². The first-order valence-electron chi connectivity index (χ1n) is 5.18. The lowest BCUT2D eigenvalue weighted by atomic mass is 10.0. The number of carbonyl (C=O) groups excluding carboxylic acids is 1. The van der Waals surface area contributed by atoms with E-state index in [0.29, 0.717) is 6.42 Å². The normalized spacial score (nSPS) is 11.3. The van der Waals surface area contributed by atoms with Gasteiger partial charge in [-0.25, -0.2) is 4.79 Å². The van der Waals surface area contributed by atoms with Crippen LogP contribution in [0.4, 0.5) is 4.79 Å². The Balaban J connectivity index is 4.06. The minimum absolute atomic E-state index is 0.136. The Hall–Kier alpha value is -1.70. The summed E-state index contributed by atoms with van der Waals surface area (Å²) in [6.07, 6.45) is 6.37. The molecule has 0 spiro atoms. The zero-order valence-electron chi connectivity index (χ0n) is 9.69. The first-order valence-corrected chi connectivity index (χ1v) is 5.18. The molecule has 0 radical (unpaired) electrons. The van der Waals surface area contributed by atoms with Crippen LogP contribution in [0.1, 0.15) is 19.8 Å². The Morgan fingerprint density at radius 1 is 1.56 bits per heavy atom. The summed E-state index contributed by atoms with van der Waals surface area (Å²) in [6, 6.07) is -0.347. The van der Waals surface area contributed by atoms with E-state index >= 15 is 0 Å². The Labute approximate surface area is 95.8 Å². The number of terminal acetylenes is 1. The number of hydrogen-bond donors (Lipinski definition) is 2. The summed E-state index contributed by atoms with van der Waals surface area (Å²) in [4.78, 5) is 23.5. The van der Waals surface area contributed by atoms with E-state index in [1.54, 1.807) is 7.05 Å². The van der Waals surface area contributed by atoms with Crippen LogP contribution in [0.25, 0.3) is 0 Å². The van der Waals surface area contributed by atoms with E-state index in [1.807, 2.05) is 6.92 Å². The van der Waals surface area contributed by atoms with Crippen LogP contribution in [-0.4, -0.2) is 42.1 Å². The highest BCUT2D eigenvalue weighted by atomic mass is 16.4. The number of amides is 2. The first-order chi connectivity index (χ1) is 7.52. The summed E-state index contributed by atoms with van der Waals surface area (Å²) in [7, 11) is 1.56. The largest absolute Gasteiger partial charge is 0.481 e. The van der Waals surface area contributed by atoms with Crippen molar-refractivity contribution in [1.82, 2.24) is 10.2 Å². The van der Waals surface area contributed by atoms with Crippen LogP contribution >= 0.6 is 0 Å².